The minimum Gasteiger partial charge on any atom is -0.350 e. The number of benzene rings is 3. The Bertz CT molecular complexity index is 1160. The van der Waals surface area contributed by atoms with Gasteiger partial charge in [0.25, 0.3) is 0 Å². The van der Waals surface area contributed by atoms with Crippen LogP contribution in [0.4, 0.5) is 0 Å². The molecule has 7 heteroatoms. The SMILES string of the molecule is CC(C)(C)NC(=O)[C@@H](Cc1ccccc1)N(Cc1cccc(Cl)c1)C(=O)CCCSc1ccc(Cl)cc1. The lowest BCUT2D eigenvalue weighted by atomic mass is 10.00. The van der Waals surface area contributed by atoms with Crippen LogP contribution < -0.4 is 5.32 Å². The molecular weight excluding hydrogens is 523 g/mol. The van der Waals surface area contributed by atoms with Crippen molar-refractivity contribution >= 4 is 46.8 Å². The summed E-state index contributed by atoms with van der Waals surface area (Å²) in [5.41, 5.74) is 1.46. The van der Waals surface area contributed by atoms with E-state index in [0.717, 1.165) is 21.8 Å². The molecule has 4 nitrogen and oxygen atoms in total. The van der Waals surface area contributed by atoms with Crippen molar-refractivity contribution in [2.45, 2.75) is 63.1 Å². The maximum Gasteiger partial charge on any atom is 0.243 e. The minimum absolute atomic E-state index is 0.0540. The number of rotatable bonds is 11. The van der Waals surface area contributed by atoms with Crippen molar-refractivity contribution < 1.29 is 9.59 Å². The molecule has 2 amide bonds. The Morgan fingerprint density at radius 3 is 2.22 bits per heavy atom. The van der Waals surface area contributed by atoms with Gasteiger partial charge in [0, 0.05) is 39.9 Å². The smallest absolute Gasteiger partial charge is 0.243 e. The van der Waals surface area contributed by atoms with Crippen molar-refractivity contribution in [1.82, 2.24) is 10.2 Å². The topological polar surface area (TPSA) is 49.4 Å². The molecule has 0 aliphatic rings. The van der Waals surface area contributed by atoms with E-state index in [1.54, 1.807) is 22.7 Å². The van der Waals surface area contributed by atoms with E-state index < -0.39 is 11.6 Å². The zero-order valence-corrected chi connectivity index (χ0v) is 23.9. The van der Waals surface area contributed by atoms with E-state index in [-0.39, 0.29) is 11.8 Å². The highest BCUT2D eigenvalue weighted by atomic mass is 35.5. The number of nitrogens with one attached hydrogen (secondary N) is 1. The summed E-state index contributed by atoms with van der Waals surface area (Å²) in [7, 11) is 0. The van der Waals surface area contributed by atoms with Gasteiger partial charge in [-0.05, 0) is 80.5 Å². The first-order chi connectivity index (χ1) is 17.6. The molecular formula is C30H34Cl2N2O2S. The summed E-state index contributed by atoms with van der Waals surface area (Å²) in [5, 5.41) is 4.39. The van der Waals surface area contributed by atoms with Gasteiger partial charge in [-0.15, -0.1) is 11.8 Å². The van der Waals surface area contributed by atoms with Crippen molar-refractivity contribution in [3.05, 3.63) is 100 Å². The number of thioether (sulfide) groups is 1. The van der Waals surface area contributed by atoms with Gasteiger partial charge in [0.15, 0.2) is 0 Å². The van der Waals surface area contributed by atoms with E-state index in [0.29, 0.717) is 35.9 Å². The van der Waals surface area contributed by atoms with Gasteiger partial charge in [0.1, 0.15) is 6.04 Å². The average molecular weight is 558 g/mol. The first-order valence-electron chi connectivity index (χ1n) is 12.4. The second-order valence-electron chi connectivity index (χ2n) is 10.0. The van der Waals surface area contributed by atoms with E-state index in [1.165, 1.54) is 0 Å². The Balaban J connectivity index is 1.81. The standard InChI is InChI=1S/C30H34Cl2N2O2S/c1-30(2,3)33-29(36)27(20-22-9-5-4-6-10-22)34(21-23-11-7-12-25(32)19-23)28(35)13-8-18-37-26-16-14-24(31)15-17-26/h4-7,9-12,14-17,19,27H,8,13,18,20-21H2,1-3H3,(H,33,36)/t27-/m1/s1. The van der Waals surface area contributed by atoms with Crippen LogP contribution in [-0.4, -0.2) is 34.0 Å². The molecule has 0 unspecified atom stereocenters. The minimum atomic E-state index is -0.656. The van der Waals surface area contributed by atoms with Crippen molar-refractivity contribution in [2.24, 2.45) is 0 Å². The van der Waals surface area contributed by atoms with Crippen LogP contribution in [0.25, 0.3) is 0 Å². The zero-order valence-electron chi connectivity index (χ0n) is 21.5. The second-order valence-corrected chi connectivity index (χ2v) is 12.0. The molecule has 3 aromatic carbocycles. The molecule has 0 radical (unpaired) electrons. The van der Waals surface area contributed by atoms with Crippen molar-refractivity contribution in [1.29, 1.82) is 0 Å². The largest absolute Gasteiger partial charge is 0.350 e. The van der Waals surface area contributed by atoms with Gasteiger partial charge in [0.05, 0.1) is 0 Å². The maximum absolute atomic E-state index is 13.7. The summed E-state index contributed by atoms with van der Waals surface area (Å²) in [6.45, 7) is 6.14. The number of halogens is 2. The predicted molar refractivity (Wildman–Crippen MR) is 155 cm³/mol. The molecule has 0 heterocycles. The van der Waals surface area contributed by atoms with Crippen LogP contribution in [0.3, 0.4) is 0 Å². The number of hydrogen-bond acceptors (Lipinski definition) is 3. The van der Waals surface area contributed by atoms with Crippen LogP contribution in [-0.2, 0) is 22.6 Å². The number of nitrogens with zero attached hydrogens (tertiary/aromatic N) is 1. The van der Waals surface area contributed by atoms with Crippen LogP contribution in [0.1, 0.15) is 44.7 Å². The van der Waals surface area contributed by atoms with Crippen molar-refractivity contribution in [2.75, 3.05) is 5.75 Å². The van der Waals surface area contributed by atoms with E-state index in [9.17, 15) is 9.59 Å². The zero-order chi connectivity index (χ0) is 26.8. The van der Waals surface area contributed by atoms with Gasteiger partial charge in [0.2, 0.25) is 11.8 Å². The molecule has 0 bridgehead atoms. The predicted octanol–water partition coefficient (Wildman–Crippen LogP) is 7.42. The van der Waals surface area contributed by atoms with Gasteiger partial charge >= 0.3 is 0 Å². The molecule has 196 valence electrons. The summed E-state index contributed by atoms with van der Waals surface area (Å²) in [6.07, 6.45) is 1.46. The second kappa shape index (κ2) is 13.9. The van der Waals surface area contributed by atoms with Gasteiger partial charge in [-0.2, -0.15) is 0 Å². The van der Waals surface area contributed by atoms with Crippen LogP contribution in [0.15, 0.2) is 83.8 Å². The van der Waals surface area contributed by atoms with E-state index in [4.69, 9.17) is 23.2 Å². The molecule has 0 saturated heterocycles. The summed E-state index contributed by atoms with van der Waals surface area (Å²) in [6, 6.07) is 24.3. The van der Waals surface area contributed by atoms with Gasteiger partial charge in [-0.1, -0.05) is 65.7 Å². The van der Waals surface area contributed by atoms with Gasteiger partial charge < -0.3 is 10.2 Å². The monoisotopic (exact) mass is 556 g/mol. The molecule has 1 atom stereocenters. The van der Waals surface area contributed by atoms with Crippen LogP contribution in [0, 0.1) is 0 Å². The fraction of sp³-hybridized carbons (Fsp3) is 0.333. The van der Waals surface area contributed by atoms with E-state index in [1.807, 2.05) is 93.6 Å². The highest BCUT2D eigenvalue weighted by molar-refractivity contribution is 7.99. The first kappa shape index (κ1) is 29.1. The van der Waals surface area contributed by atoms with Crippen LogP contribution in [0.5, 0.6) is 0 Å². The summed E-state index contributed by atoms with van der Waals surface area (Å²) in [4.78, 5) is 30.1. The first-order valence-corrected chi connectivity index (χ1v) is 14.1. The van der Waals surface area contributed by atoms with Gasteiger partial charge in [-0.3, -0.25) is 9.59 Å². The highest BCUT2D eigenvalue weighted by Gasteiger charge is 2.32. The number of amides is 2. The fourth-order valence-corrected chi connectivity index (χ4v) is 5.12. The molecule has 0 spiro atoms. The Hall–Kier alpha value is -2.47. The van der Waals surface area contributed by atoms with Crippen LogP contribution in [0.2, 0.25) is 10.0 Å². The van der Waals surface area contributed by atoms with E-state index in [2.05, 4.69) is 5.32 Å². The summed E-state index contributed by atoms with van der Waals surface area (Å²) >= 11 is 13.9. The lowest BCUT2D eigenvalue weighted by molar-refractivity contribution is -0.142. The lowest BCUT2D eigenvalue weighted by Crippen LogP contribution is -2.54. The van der Waals surface area contributed by atoms with Crippen molar-refractivity contribution in [3.63, 3.8) is 0 Å². The van der Waals surface area contributed by atoms with Gasteiger partial charge in [-0.25, -0.2) is 0 Å². The fourth-order valence-electron chi connectivity index (χ4n) is 3.93. The third-order valence-corrected chi connectivity index (χ3v) is 7.21. The molecule has 0 aromatic heterocycles. The number of carbonyl (C=O) groups is 2. The normalized spacial score (nSPS) is 12.1. The summed E-state index contributed by atoms with van der Waals surface area (Å²) in [5.74, 6) is 0.569. The lowest BCUT2D eigenvalue weighted by Gasteiger charge is -2.34. The Labute approximate surface area is 234 Å². The Morgan fingerprint density at radius 2 is 1.57 bits per heavy atom. The third-order valence-electron chi connectivity index (χ3n) is 5.63. The Kier molecular flexibility index (Phi) is 10.9. The molecule has 3 aromatic rings. The number of hydrogen-bond donors (Lipinski definition) is 1. The maximum atomic E-state index is 13.7. The Morgan fingerprint density at radius 1 is 0.892 bits per heavy atom. The summed E-state index contributed by atoms with van der Waals surface area (Å²) < 4.78 is 0. The third kappa shape index (κ3) is 10.1. The number of carbonyl (C=O) groups excluding carboxylic acids is 2. The molecule has 0 saturated carbocycles. The molecule has 1 N–H and O–H groups in total. The molecule has 3 rings (SSSR count). The molecule has 0 fully saturated rings. The quantitative estimate of drug-likeness (QED) is 0.197. The van der Waals surface area contributed by atoms with E-state index >= 15 is 0 Å². The highest BCUT2D eigenvalue weighted by Crippen LogP contribution is 2.23. The average Bonchev–Trinajstić information content (AvgIpc) is 2.84. The van der Waals surface area contributed by atoms with Crippen molar-refractivity contribution in [3.8, 4) is 0 Å². The molecule has 0 aliphatic carbocycles. The molecule has 37 heavy (non-hydrogen) atoms. The molecule has 0 aliphatic heterocycles. The van der Waals surface area contributed by atoms with Crippen LogP contribution >= 0.6 is 35.0 Å².